The molecule has 2 aromatic rings. The highest BCUT2D eigenvalue weighted by molar-refractivity contribution is 7.11. The molecule has 0 aromatic carbocycles. The summed E-state index contributed by atoms with van der Waals surface area (Å²) < 4.78 is 15.7. The average Bonchev–Trinajstić information content (AvgIpc) is 3.14. The minimum Gasteiger partial charge on any atom is -0.300 e. The first-order valence-electron chi connectivity index (χ1n) is 7.95. The van der Waals surface area contributed by atoms with Crippen molar-refractivity contribution < 1.29 is 4.39 Å². The van der Waals surface area contributed by atoms with Crippen molar-refractivity contribution in [3.63, 3.8) is 0 Å². The number of likely N-dealkylation sites (tertiary alicyclic amines) is 1. The number of hydrogen-bond acceptors (Lipinski definition) is 5. The van der Waals surface area contributed by atoms with Crippen LogP contribution in [0.1, 0.15) is 21.9 Å². The van der Waals surface area contributed by atoms with Crippen molar-refractivity contribution in [2.45, 2.75) is 38.6 Å². The van der Waals surface area contributed by atoms with Crippen molar-refractivity contribution in [2.75, 3.05) is 20.1 Å². The maximum atomic E-state index is 13.9. The van der Waals surface area contributed by atoms with E-state index in [2.05, 4.69) is 26.9 Å². The molecule has 0 spiro atoms. The first-order chi connectivity index (χ1) is 11.0. The van der Waals surface area contributed by atoms with E-state index in [0.29, 0.717) is 13.0 Å². The topological polar surface area (TPSA) is 37.2 Å². The SMILES string of the molecule is Cc1ncc(CN(C)C[C@@H]2C[C@H](F)CN2Cc2cnn(C)c2)s1. The van der Waals surface area contributed by atoms with Crippen LogP contribution in [0, 0.1) is 6.92 Å². The van der Waals surface area contributed by atoms with Gasteiger partial charge in [0.25, 0.3) is 0 Å². The lowest BCUT2D eigenvalue weighted by Crippen LogP contribution is -2.38. The quantitative estimate of drug-likeness (QED) is 0.810. The molecule has 126 valence electrons. The fourth-order valence-corrected chi connectivity index (χ4v) is 4.14. The van der Waals surface area contributed by atoms with Gasteiger partial charge in [-0.15, -0.1) is 11.3 Å². The van der Waals surface area contributed by atoms with E-state index in [1.165, 1.54) is 4.88 Å². The summed E-state index contributed by atoms with van der Waals surface area (Å²) in [4.78, 5) is 10.1. The van der Waals surface area contributed by atoms with E-state index in [-0.39, 0.29) is 6.04 Å². The number of likely N-dealkylation sites (N-methyl/N-ethyl adjacent to an activating group) is 1. The van der Waals surface area contributed by atoms with Gasteiger partial charge in [-0.05, 0) is 20.4 Å². The number of aryl methyl sites for hydroxylation is 2. The largest absolute Gasteiger partial charge is 0.300 e. The third-order valence-electron chi connectivity index (χ3n) is 4.24. The van der Waals surface area contributed by atoms with Crippen molar-refractivity contribution in [2.24, 2.45) is 7.05 Å². The molecule has 0 aliphatic carbocycles. The van der Waals surface area contributed by atoms with Crippen LogP contribution in [0.2, 0.25) is 0 Å². The number of halogens is 1. The fraction of sp³-hybridized carbons (Fsp3) is 0.625. The Bertz CT molecular complexity index is 640. The van der Waals surface area contributed by atoms with Gasteiger partial charge in [0.2, 0.25) is 0 Å². The summed E-state index contributed by atoms with van der Waals surface area (Å²) in [6.45, 7) is 5.06. The molecule has 0 N–H and O–H groups in total. The van der Waals surface area contributed by atoms with Crippen LogP contribution < -0.4 is 0 Å². The van der Waals surface area contributed by atoms with Crippen LogP contribution in [0.25, 0.3) is 0 Å². The highest BCUT2D eigenvalue weighted by Gasteiger charge is 2.32. The van der Waals surface area contributed by atoms with E-state index in [4.69, 9.17) is 0 Å². The Hall–Kier alpha value is -1.31. The van der Waals surface area contributed by atoms with Gasteiger partial charge in [0, 0.05) is 62.1 Å². The summed E-state index contributed by atoms with van der Waals surface area (Å²) >= 11 is 1.73. The summed E-state index contributed by atoms with van der Waals surface area (Å²) in [7, 11) is 4.01. The molecule has 2 aromatic heterocycles. The van der Waals surface area contributed by atoms with Crippen LogP contribution in [0.5, 0.6) is 0 Å². The van der Waals surface area contributed by atoms with Gasteiger partial charge < -0.3 is 0 Å². The number of rotatable bonds is 6. The van der Waals surface area contributed by atoms with Crippen LogP contribution in [-0.2, 0) is 20.1 Å². The van der Waals surface area contributed by atoms with E-state index in [1.54, 1.807) is 16.0 Å². The third-order valence-corrected chi connectivity index (χ3v) is 5.14. The number of thiazole rings is 1. The summed E-state index contributed by atoms with van der Waals surface area (Å²) in [5.41, 5.74) is 1.15. The number of aromatic nitrogens is 3. The van der Waals surface area contributed by atoms with E-state index in [0.717, 1.165) is 30.2 Å². The minimum absolute atomic E-state index is 0.254. The molecule has 1 aliphatic heterocycles. The van der Waals surface area contributed by atoms with Crippen LogP contribution in [0.15, 0.2) is 18.6 Å². The Balaban J connectivity index is 1.58. The highest BCUT2D eigenvalue weighted by atomic mass is 32.1. The summed E-state index contributed by atoms with van der Waals surface area (Å²) in [5, 5.41) is 5.30. The van der Waals surface area contributed by atoms with Crippen molar-refractivity contribution in [1.82, 2.24) is 24.6 Å². The monoisotopic (exact) mass is 337 g/mol. The minimum atomic E-state index is -0.726. The zero-order valence-electron chi connectivity index (χ0n) is 13.9. The van der Waals surface area contributed by atoms with E-state index < -0.39 is 6.17 Å². The second kappa shape index (κ2) is 7.07. The van der Waals surface area contributed by atoms with Crippen molar-refractivity contribution in [1.29, 1.82) is 0 Å². The highest BCUT2D eigenvalue weighted by Crippen LogP contribution is 2.24. The second-order valence-electron chi connectivity index (χ2n) is 6.48. The maximum absolute atomic E-state index is 13.9. The van der Waals surface area contributed by atoms with Gasteiger partial charge in [-0.3, -0.25) is 14.5 Å². The number of nitrogens with zero attached hydrogens (tertiary/aromatic N) is 5. The molecule has 0 unspecified atom stereocenters. The molecular weight excluding hydrogens is 313 g/mol. The Labute approximate surface area is 140 Å². The van der Waals surface area contributed by atoms with Gasteiger partial charge in [0.1, 0.15) is 6.17 Å². The van der Waals surface area contributed by atoms with Crippen LogP contribution in [0.4, 0.5) is 4.39 Å². The van der Waals surface area contributed by atoms with Gasteiger partial charge in [0.15, 0.2) is 0 Å². The molecule has 0 bridgehead atoms. The molecule has 1 saturated heterocycles. The van der Waals surface area contributed by atoms with Crippen LogP contribution in [-0.4, -0.2) is 56.9 Å². The van der Waals surface area contributed by atoms with E-state index in [1.807, 2.05) is 32.6 Å². The number of alkyl halides is 1. The molecule has 0 radical (unpaired) electrons. The molecule has 5 nitrogen and oxygen atoms in total. The Morgan fingerprint density at radius 3 is 2.91 bits per heavy atom. The third kappa shape index (κ3) is 4.37. The molecule has 0 saturated carbocycles. The lowest BCUT2D eigenvalue weighted by atomic mass is 10.2. The van der Waals surface area contributed by atoms with E-state index in [9.17, 15) is 4.39 Å². The Morgan fingerprint density at radius 2 is 2.26 bits per heavy atom. The Morgan fingerprint density at radius 1 is 1.43 bits per heavy atom. The van der Waals surface area contributed by atoms with Gasteiger partial charge >= 0.3 is 0 Å². The average molecular weight is 337 g/mol. The molecule has 1 fully saturated rings. The smallest absolute Gasteiger partial charge is 0.114 e. The fourth-order valence-electron chi connectivity index (χ4n) is 3.26. The molecular formula is C16H24FN5S. The Kier molecular flexibility index (Phi) is 5.08. The van der Waals surface area contributed by atoms with Crippen molar-refractivity contribution in [3.8, 4) is 0 Å². The van der Waals surface area contributed by atoms with Crippen LogP contribution in [0.3, 0.4) is 0 Å². The summed E-state index contributed by atoms with van der Waals surface area (Å²) in [6, 6.07) is 0.254. The zero-order chi connectivity index (χ0) is 16.4. The van der Waals surface area contributed by atoms with E-state index >= 15 is 0 Å². The van der Waals surface area contributed by atoms with Crippen molar-refractivity contribution >= 4 is 11.3 Å². The lowest BCUT2D eigenvalue weighted by Gasteiger charge is -2.27. The molecule has 0 amide bonds. The number of hydrogen-bond donors (Lipinski definition) is 0. The van der Waals surface area contributed by atoms with Crippen LogP contribution >= 0.6 is 11.3 Å². The van der Waals surface area contributed by atoms with Gasteiger partial charge in [-0.1, -0.05) is 0 Å². The molecule has 3 rings (SSSR count). The predicted octanol–water partition coefficient (Wildman–Crippen LogP) is 2.23. The molecule has 7 heteroatoms. The molecule has 2 atom stereocenters. The standard InChI is InChI=1S/C16H24FN5S/c1-12-18-6-16(23-12)11-20(2)10-15-4-14(17)9-22(15)8-13-5-19-21(3)7-13/h5-7,14-15H,4,8-11H2,1-3H3/t14-,15-/m0/s1. The maximum Gasteiger partial charge on any atom is 0.114 e. The van der Waals surface area contributed by atoms with Crippen molar-refractivity contribution in [3.05, 3.63) is 34.0 Å². The first-order valence-corrected chi connectivity index (χ1v) is 8.76. The molecule has 3 heterocycles. The molecule has 23 heavy (non-hydrogen) atoms. The normalized spacial score (nSPS) is 22.3. The first kappa shape index (κ1) is 16.5. The predicted molar refractivity (Wildman–Crippen MR) is 90.1 cm³/mol. The van der Waals surface area contributed by atoms with Gasteiger partial charge in [-0.2, -0.15) is 5.10 Å². The summed E-state index contributed by atoms with van der Waals surface area (Å²) in [6.07, 6.45) is 5.71. The summed E-state index contributed by atoms with van der Waals surface area (Å²) in [5.74, 6) is 0. The second-order valence-corrected chi connectivity index (χ2v) is 7.80. The molecule has 1 aliphatic rings. The van der Waals surface area contributed by atoms with Gasteiger partial charge in [-0.25, -0.2) is 9.37 Å². The lowest BCUT2D eigenvalue weighted by molar-refractivity contribution is 0.181. The zero-order valence-corrected chi connectivity index (χ0v) is 14.8. The van der Waals surface area contributed by atoms with Gasteiger partial charge in [0.05, 0.1) is 11.2 Å².